The molecule has 0 aromatic carbocycles. The summed E-state index contributed by atoms with van der Waals surface area (Å²) in [7, 11) is 0. The summed E-state index contributed by atoms with van der Waals surface area (Å²) in [6.45, 7) is 1.43. The molecule has 0 saturated heterocycles. The Morgan fingerprint density at radius 1 is 1.62 bits per heavy atom. The lowest BCUT2D eigenvalue weighted by Crippen LogP contribution is -1.99. The van der Waals surface area contributed by atoms with Crippen molar-refractivity contribution < 1.29 is 9.59 Å². The second-order valence-electron chi connectivity index (χ2n) is 2.58. The highest BCUT2D eigenvalue weighted by Gasteiger charge is 2.04. The number of rotatable bonds is 3. The Morgan fingerprint density at radius 2 is 2.31 bits per heavy atom. The number of alkyl halides is 1. The van der Waals surface area contributed by atoms with E-state index < -0.39 is 0 Å². The van der Waals surface area contributed by atoms with Crippen molar-refractivity contribution >= 4 is 23.7 Å². The Hall–Kier alpha value is -1.22. The maximum atomic E-state index is 11.0. The maximum Gasteiger partial charge on any atom is 0.168 e. The van der Waals surface area contributed by atoms with Gasteiger partial charge >= 0.3 is 0 Å². The number of hydrogen-bond acceptors (Lipinski definition) is 3. The Labute approximate surface area is 80.7 Å². The predicted molar refractivity (Wildman–Crippen MR) is 49.2 cm³/mol. The fraction of sp³-hybridized carbons (Fsp3) is 0.222. The van der Waals surface area contributed by atoms with E-state index >= 15 is 0 Å². The minimum Gasteiger partial charge on any atom is -0.296 e. The van der Waals surface area contributed by atoms with Gasteiger partial charge in [0.25, 0.3) is 0 Å². The molecule has 0 aliphatic heterocycles. The van der Waals surface area contributed by atoms with Crippen molar-refractivity contribution in [2.45, 2.75) is 12.8 Å². The molecule has 0 unspecified atom stereocenters. The summed E-state index contributed by atoms with van der Waals surface area (Å²) >= 11 is 5.54. The van der Waals surface area contributed by atoms with Gasteiger partial charge in [-0.25, -0.2) is 4.98 Å². The zero-order chi connectivity index (χ0) is 9.84. The molecule has 0 aliphatic carbocycles. The van der Waals surface area contributed by atoms with Crippen LogP contribution in [0.3, 0.4) is 0 Å². The highest BCUT2D eigenvalue weighted by atomic mass is 35.5. The first-order valence-electron chi connectivity index (χ1n) is 3.70. The van der Waals surface area contributed by atoms with E-state index in [2.05, 4.69) is 4.98 Å². The molecule has 0 saturated carbocycles. The van der Waals surface area contributed by atoms with Gasteiger partial charge < -0.3 is 0 Å². The van der Waals surface area contributed by atoms with Gasteiger partial charge in [-0.05, 0) is 19.1 Å². The lowest BCUT2D eigenvalue weighted by atomic mass is 10.1. The minimum atomic E-state index is -0.100. The van der Waals surface area contributed by atoms with Gasteiger partial charge in [0.15, 0.2) is 12.1 Å². The molecule has 68 valence electrons. The average molecular weight is 198 g/mol. The number of pyridine rings is 1. The molecular formula is C9H8ClNO2. The van der Waals surface area contributed by atoms with Gasteiger partial charge in [0, 0.05) is 5.56 Å². The molecule has 1 aromatic heterocycles. The van der Waals surface area contributed by atoms with Crippen LogP contribution in [0.4, 0.5) is 0 Å². The number of carbonyl (C=O) groups is 2. The quantitative estimate of drug-likeness (QED) is 0.422. The fourth-order valence-electron chi connectivity index (χ4n) is 0.943. The third-order valence-corrected chi connectivity index (χ3v) is 1.84. The first-order valence-corrected chi connectivity index (χ1v) is 4.24. The molecule has 0 fully saturated rings. The number of aromatic nitrogens is 1. The van der Waals surface area contributed by atoms with E-state index in [1.807, 2.05) is 0 Å². The number of halogens is 1. The molecule has 0 N–H and O–H groups in total. The Bertz CT molecular complexity index is 349. The molecule has 0 aliphatic rings. The lowest BCUT2D eigenvalue weighted by Gasteiger charge is -2.00. The zero-order valence-corrected chi connectivity index (χ0v) is 7.84. The first-order chi connectivity index (χ1) is 6.17. The van der Waals surface area contributed by atoms with Gasteiger partial charge in [0.2, 0.25) is 0 Å². The average Bonchev–Trinajstić information content (AvgIpc) is 2.16. The highest BCUT2D eigenvalue weighted by Crippen LogP contribution is 2.07. The number of Topliss-reactive ketones (excluding diaryl/α,β-unsaturated/α-hetero) is 1. The van der Waals surface area contributed by atoms with Crippen molar-refractivity contribution in [3.63, 3.8) is 0 Å². The van der Waals surface area contributed by atoms with Gasteiger partial charge in [0.1, 0.15) is 5.69 Å². The smallest absolute Gasteiger partial charge is 0.168 e. The lowest BCUT2D eigenvalue weighted by molar-refractivity contribution is 0.101. The van der Waals surface area contributed by atoms with Crippen molar-refractivity contribution in [1.29, 1.82) is 0 Å². The van der Waals surface area contributed by atoms with E-state index in [4.69, 9.17) is 11.6 Å². The molecule has 0 bridgehead atoms. The topological polar surface area (TPSA) is 47.0 Å². The molecule has 1 heterocycles. The van der Waals surface area contributed by atoms with E-state index in [1.54, 1.807) is 6.07 Å². The van der Waals surface area contributed by atoms with Crippen molar-refractivity contribution in [2.24, 2.45) is 0 Å². The van der Waals surface area contributed by atoms with Crippen LogP contribution in [0.5, 0.6) is 0 Å². The zero-order valence-electron chi connectivity index (χ0n) is 7.08. The summed E-state index contributed by atoms with van der Waals surface area (Å²) in [5.41, 5.74) is 1.24. The van der Waals surface area contributed by atoms with Crippen molar-refractivity contribution in [1.82, 2.24) is 4.98 Å². The summed E-state index contributed by atoms with van der Waals surface area (Å²) in [6.07, 6.45) is 0.600. The fourth-order valence-corrected chi connectivity index (χ4v) is 1.08. The van der Waals surface area contributed by atoms with Crippen LogP contribution in [0.1, 0.15) is 33.5 Å². The van der Waals surface area contributed by atoms with E-state index in [9.17, 15) is 9.59 Å². The largest absolute Gasteiger partial charge is 0.296 e. The van der Waals surface area contributed by atoms with Crippen LogP contribution in [-0.2, 0) is 5.88 Å². The number of hydrogen-bond donors (Lipinski definition) is 0. The van der Waals surface area contributed by atoms with Gasteiger partial charge in [0.05, 0.1) is 11.6 Å². The maximum absolute atomic E-state index is 11.0. The Balaban J connectivity index is 3.22. The number of carbonyl (C=O) groups excluding carboxylic acids is 2. The molecular weight excluding hydrogens is 190 g/mol. The summed E-state index contributed by atoms with van der Waals surface area (Å²) in [5.74, 6) is 0.0963. The second-order valence-corrected chi connectivity index (χ2v) is 2.85. The van der Waals surface area contributed by atoms with Crippen LogP contribution in [0.25, 0.3) is 0 Å². The molecule has 13 heavy (non-hydrogen) atoms. The standard InChI is InChI=1S/C9H8ClNO2/c1-6(13)7-2-8(4-10)11-9(3-7)5-12/h2-3,5H,4H2,1H3. The Morgan fingerprint density at radius 3 is 2.77 bits per heavy atom. The predicted octanol–water partition coefficient (Wildman–Crippen LogP) is 1.84. The van der Waals surface area contributed by atoms with Crippen LogP contribution in [-0.4, -0.2) is 17.1 Å². The summed E-state index contributed by atoms with van der Waals surface area (Å²) in [6, 6.07) is 3.04. The van der Waals surface area contributed by atoms with Crippen LogP contribution >= 0.6 is 11.6 Å². The molecule has 0 radical (unpaired) electrons. The summed E-state index contributed by atoms with van der Waals surface area (Å²) in [5, 5.41) is 0. The van der Waals surface area contributed by atoms with Crippen molar-refractivity contribution in [2.75, 3.05) is 0 Å². The van der Waals surface area contributed by atoms with Gasteiger partial charge in [-0.1, -0.05) is 0 Å². The Kier molecular flexibility index (Phi) is 3.14. The number of aldehydes is 1. The van der Waals surface area contributed by atoms with Crippen LogP contribution < -0.4 is 0 Å². The first kappa shape index (κ1) is 9.86. The van der Waals surface area contributed by atoms with E-state index in [0.29, 0.717) is 17.5 Å². The SMILES string of the molecule is CC(=O)c1cc(C=O)nc(CCl)c1. The highest BCUT2D eigenvalue weighted by molar-refractivity contribution is 6.17. The van der Waals surface area contributed by atoms with Crippen LogP contribution in [0.2, 0.25) is 0 Å². The molecule has 3 nitrogen and oxygen atoms in total. The second kappa shape index (κ2) is 4.14. The summed E-state index contributed by atoms with van der Waals surface area (Å²) in [4.78, 5) is 25.3. The molecule has 1 aromatic rings. The van der Waals surface area contributed by atoms with E-state index in [1.165, 1.54) is 13.0 Å². The third-order valence-electron chi connectivity index (χ3n) is 1.56. The van der Waals surface area contributed by atoms with Crippen molar-refractivity contribution in [3.05, 3.63) is 29.1 Å². The normalized spacial score (nSPS) is 9.69. The van der Waals surface area contributed by atoms with Crippen LogP contribution in [0.15, 0.2) is 12.1 Å². The molecule has 0 amide bonds. The van der Waals surface area contributed by atoms with E-state index in [0.717, 1.165) is 0 Å². The molecule has 1 rings (SSSR count). The van der Waals surface area contributed by atoms with Crippen LogP contribution in [0, 0.1) is 0 Å². The van der Waals surface area contributed by atoms with Gasteiger partial charge in [-0.2, -0.15) is 0 Å². The molecule has 4 heteroatoms. The molecule has 0 atom stereocenters. The van der Waals surface area contributed by atoms with Crippen molar-refractivity contribution in [3.8, 4) is 0 Å². The minimum absolute atomic E-state index is 0.100. The monoisotopic (exact) mass is 197 g/mol. The van der Waals surface area contributed by atoms with E-state index in [-0.39, 0.29) is 17.4 Å². The molecule has 0 spiro atoms. The third kappa shape index (κ3) is 2.36. The van der Waals surface area contributed by atoms with Gasteiger partial charge in [-0.15, -0.1) is 11.6 Å². The van der Waals surface area contributed by atoms with Gasteiger partial charge in [-0.3, -0.25) is 9.59 Å². The number of nitrogens with zero attached hydrogens (tertiary/aromatic N) is 1. The summed E-state index contributed by atoms with van der Waals surface area (Å²) < 4.78 is 0. The number of ketones is 1.